The van der Waals surface area contributed by atoms with Gasteiger partial charge in [0.2, 0.25) is 0 Å². The smallest absolute Gasteiger partial charge is 0.294 e. The van der Waals surface area contributed by atoms with Crippen LogP contribution in [-0.2, 0) is 6.54 Å². The number of amides is 1. The van der Waals surface area contributed by atoms with Crippen molar-refractivity contribution in [2.24, 2.45) is 0 Å². The van der Waals surface area contributed by atoms with Gasteiger partial charge in [0, 0.05) is 16.8 Å². The first-order valence-electron chi connectivity index (χ1n) is 9.17. The molecule has 0 aliphatic heterocycles. The number of methoxy groups -OCH3 is 1. The van der Waals surface area contributed by atoms with Crippen LogP contribution in [-0.4, -0.2) is 18.0 Å². The number of carbonyl (C=O) groups excluding carboxylic acids is 1. The van der Waals surface area contributed by atoms with Crippen molar-refractivity contribution in [3.63, 3.8) is 0 Å². The predicted octanol–water partition coefficient (Wildman–Crippen LogP) is 4.29. The molecule has 1 N–H and O–H groups in total. The van der Waals surface area contributed by atoms with E-state index in [1.807, 2.05) is 31.2 Å². The molecule has 4 aromatic rings. The zero-order chi connectivity index (χ0) is 20.4. The molecule has 0 aliphatic carbocycles. The van der Waals surface area contributed by atoms with Crippen molar-refractivity contribution in [2.45, 2.75) is 13.5 Å². The molecule has 0 aliphatic rings. The van der Waals surface area contributed by atoms with Gasteiger partial charge in [-0.05, 0) is 66.9 Å². The molecular weight excluding hydrogens is 368 g/mol. The number of furan rings is 1. The lowest BCUT2D eigenvalue weighted by Gasteiger charge is -2.22. The molecule has 146 valence electrons. The average molecular weight is 388 g/mol. The van der Waals surface area contributed by atoms with Gasteiger partial charge >= 0.3 is 0 Å². The third-order valence-electron chi connectivity index (χ3n) is 4.77. The summed E-state index contributed by atoms with van der Waals surface area (Å²) in [4.78, 5) is 30.2. The molecular formula is C23H20N2O4. The quantitative estimate of drug-likeness (QED) is 0.554. The summed E-state index contributed by atoms with van der Waals surface area (Å²) in [6, 6.07) is 18.0. The van der Waals surface area contributed by atoms with E-state index in [1.165, 1.54) is 11.2 Å². The number of carbonyl (C=O) groups is 1. The molecule has 0 fully saturated rings. The molecule has 0 saturated heterocycles. The molecule has 0 radical (unpaired) electrons. The fourth-order valence-electron chi connectivity index (χ4n) is 3.23. The van der Waals surface area contributed by atoms with Gasteiger partial charge in [0.25, 0.3) is 11.5 Å². The van der Waals surface area contributed by atoms with Crippen LogP contribution < -0.4 is 15.2 Å². The fourth-order valence-corrected chi connectivity index (χ4v) is 3.23. The van der Waals surface area contributed by atoms with E-state index in [0.717, 1.165) is 16.5 Å². The van der Waals surface area contributed by atoms with E-state index in [4.69, 9.17) is 9.15 Å². The Labute approximate surface area is 167 Å². The second-order valence-corrected chi connectivity index (χ2v) is 6.78. The SMILES string of the molecule is COc1ccc(N(Cc2cc3cc(C)ccc3[nH]c2=O)C(=O)c2ccco2)cc1. The molecule has 29 heavy (non-hydrogen) atoms. The lowest BCUT2D eigenvalue weighted by atomic mass is 10.1. The van der Waals surface area contributed by atoms with E-state index in [0.29, 0.717) is 17.0 Å². The maximum absolute atomic E-state index is 13.1. The van der Waals surface area contributed by atoms with Gasteiger partial charge in [-0.3, -0.25) is 9.59 Å². The van der Waals surface area contributed by atoms with Crippen LogP contribution in [0.4, 0.5) is 5.69 Å². The molecule has 0 spiro atoms. The van der Waals surface area contributed by atoms with Crippen LogP contribution in [0.15, 0.2) is 76.1 Å². The van der Waals surface area contributed by atoms with Crippen molar-refractivity contribution in [1.82, 2.24) is 4.98 Å². The number of pyridine rings is 1. The van der Waals surface area contributed by atoms with Crippen LogP contribution in [0.1, 0.15) is 21.7 Å². The van der Waals surface area contributed by atoms with Crippen molar-refractivity contribution < 1.29 is 13.9 Å². The summed E-state index contributed by atoms with van der Waals surface area (Å²) in [6.45, 7) is 2.10. The summed E-state index contributed by atoms with van der Waals surface area (Å²) in [5, 5.41) is 0.916. The van der Waals surface area contributed by atoms with Gasteiger partial charge in [0.1, 0.15) is 5.75 Å². The Morgan fingerprint density at radius 1 is 1.10 bits per heavy atom. The number of nitrogens with zero attached hydrogens (tertiary/aromatic N) is 1. The first kappa shape index (κ1) is 18.6. The molecule has 0 bridgehead atoms. The molecule has 6 nitrogen and oxygen atoms in total. The van der Waals surface area contributed by atoms with Crippen LogP contribution in [0.2, 0.25) is 0 Å². The fraction of sp³-hybridized carbons (Fsp3) is 0.130. The van der Waals surface area contributed by atoms with Gasteiger partial charge in [-0.15, -0.1) is 0 Å². The van der Waals surface area contributed by atoms with Gasteiger partial charge in [0.05, 0.1) is 19.9 Å². The van der Waals surface area contributed by atoms with Gasteiger partial charge in [-0.25, -0.2) is 0 Å². The number of aromatic nitrogens is 1. The summed E-state index contributed by atoms with van der Waals surface area (Å²) in [7, 11) is 1.58. The number of aromatic amines is 1. The van der Waals surface area contributed by atoms with E-state index in [-0.39, 0.29) is 23.8 Å². The number of rotatable bonds is 5. The van der Waals surface area contributed by atoms with Crippen LogP contribution in [0.3, 0.4) is 0 Å². The molecule has 4 rings (SSSR count). The minimum Gasteiger partial charge on any atom is -0.497 e. The molecule has 2 heterocycles. The minimum absolute atomic E-state index is 0.102. The van der Waals surface area contributed by atoms with Crippen molar-refractivity contribution in [3.8, 4) is 5.75 Å². The van der Waals surface area contributed by atoms with Crippen molar-refractivity contribution in [1.29, 1.82) is 0 Å². The first-order chi connectivity index (χ1) is 14.0. The maximum Gasteiger partial charge on any atom is 0.294 e. The van der Waals surface area contributed by atoms with Gasteiger partial charge in [0.15, 0.2) is 5.76 Å². The Hall–Kier alpha value is -3.80. The Morgan fingerprint density at radius 2 is 1.90 bits per heavy atom. The molecule has 1 amide bonds. The monoisotopic (exact) mass is 388 g/mol. The Bertz CT molecular complexity index is 1210. The van der Waals surface area contributed by atoms with Crippen LogP contribution in [0.25, 0.3) is 10.9 Å². The Balaban J connectivity index is 1.77. The van der Waals surface area contributed by atoms with Gasteiger partial charge < -0.3 is 19.0 Å². The zero-order valence-electron chi connectivity index (χ0n) is 16.1. The van der Waals surface area contributed by atoms with E-state index < -0.39 is 0 Å². The number of benzene rings is 2. The standard InChI is InChI=1S/C23H20N2O4/c1-15-5-10-20-16(12-15)13-17(22(26)24-20)14-25(23(27)21-4-3-11-29-21)18-6-8-19(28-2)9-7-18/h3-13H,14H2,1-2H3,(H,24,26). The van der Waals surface area contributed by atoms with Crippen LogP contribution in [0.5, 0.6) is 5.75 Å². The van der Waals surface area contributed by atoms with Crippen molar-refractivity contribution in [2.75, 3.05) is 12.0 Å². The average Bonchev–Trinajstić information content (AvgIpc) is 3.27. The topological polar surface area (TPSA) is 75.5 Å². The predicted molar refractivity (Wildman–Crippen MR) is 112 cm³/mol. The number of H-pyrrole nitrogens is 1. The summed E-state index contributed by atoms with van der Waals surface area (Å²) < 4.78 is 10.5. The second kappa shape index (κ2) is 7.67. The number of fused-ring (bicyclic) bond motifs is 1. The third-order valence-corrected chi connectivity index (χ3v) is 4.77. The summed E-state index contributed by atoms with van der Waals surface area (Å²) >= 11 is 0. The lowest BCUT2D eigenvalue weighted by Crippen LogP contribution is -2.32. The largest absolute Gasteiger partial charge is 0.497 e. The highest BCUT2D eigenvalue weighted by molar-refractivity contribution is 6.04. The normalized spacial score (nSPS) is 10.8. The summed E-state index contributed by atoms with van der Waals surface area (Å²) in [5.41, 5.74) is 2.74. The Morgan fingerprint density at radius 3 is 2.59 bits per heavy atom. The minimum atomic E-state index is -0.330. The molecule has 2 aromatic heterocycles. The zero-order valence-corrected chi connectivity index (χ0v) is 16.1. The lowest BCUT2D eigenvalue weighted by molar-refractivity contribution is 0.0958. The van der Waals surface area contributed by atoms with Crippen molar-refractivity contribution >= 4 is 22.5 Å². The molecule has 2 aromatic carbocycles. The highest BCUT2D eigenvalue weighted by Crippen LogP contribution is 2.24. The molecule has 0 unspecified atom stereocenters. The van der Waals surface area contributed by atoms with Gasteiger partial charge in [-0.1, -0.05) is 11.6 Å². The number of hydrogen-bond acceptors (Lipinski definition) is 4. The highest BCUT2D eigenvalue weighted by Gasteiger charge is 2.22. The van der Waals surface area contributed by atoms with Crippen LogP contribution >= 0.6 is 0 Å². The number of aryl methyl sites for hydroxylation is 1. The maximum atomic E-state index is 13.1. The number of ether oxygens (including phenoxy) is 1. The Kier molecular flexibility index (Phi) is 4.91. The van der Waals surface area contributed by atoms with E-state index in [1.54, 1.807) is 43.5 Å². The third kappa shape index (κ3) is 3.78. The number of nitrogens with one attached hydrogen (secondary N) is 1. The molecule has 6 heteroatoms. The molecule has 0 atom stereocenters. The van der Waals surface area contributed by atoms with E-state index >= 15 is 0 Å². The number of hydrogen-bond donors (Lipinski definition) is 1. The molecule has 0 saturated carbocycles. The number of anilines is 1. The summed E-state index contributed by atoms with van der Waals surface area (Å²) in [6.07, 6.45) is 1.45. The van der Waals surface area contributed by atoms with E-state index in [2.05, 4.69) is 4.98 Å². The van der Waals surface area contributed by atoms with Gasteiger partial charge in [-0.2, -0.15) is 0 Å². The first-order valence-corrected chi connectivity index (χ1v) is 9.17. The second-order valence-electron chi connectivity index (χ2n) is 6.78. The van der Waals surface area contributed by atoms with E-state index in [9.17, 15) is 9.59 Å². The van der Waals surface area contributed by atoms with Crippen molar-refractivity contribution in [3.05, 3.63) is 94.2 Å². The van der Waals surface area contributed by atoms with Crippen LogP contribution in [0, 0.1) is 6.92 Å². The summed E-state index contributed by atoms with van der Waals surface area (Å²) in [5.74, 6) is 0.552. The highest BCUT2D eigenvalue weighted by atomic mass is 16.5.